The summed E-state index contributed by atoms with van der Waals surface area (Å²) in [5.74, 6) is 0. The minimum absolute atomic E-state index is 0. The second-order valence-corrected chi connectivity index (χ2v) is 7.77. The molecule has 0 unspecified atom stereocenters. The van der Waals surface area contributed by atoms with E-state index in [1.807, 2.05) is 0 Å². The lowest BCUT2D eigenvalue weighted by Gasteiger charge is -2.10. The third kappa shape index (κ3) is 4.18. The molecule has 1 aliphatic rings. The lowest BCUT2D eigenvalue weighted by molar-refractivity contribution is 0.540. The largest absolute Gasteiger partial charge is 0.314 e. The van der Waals surface area contributed by atoms with Crippen molar-refractivity contribution in [2.45, 2.75) is 29.5 Å². The van der Waals surface area contributed by atoms with E-state index in [4.69, 9.17) is 0 Å². The highest BCUT2D eigenvalue weighted by molar-refractivity contribution is 9.10. The van der Waals surface area contributed by atoms with Crippen molar-refractivity contribution >= 4 is 49.7 Å². The van der Waals surface area contributed by atoms with Crippen LogP contribution in [0.3, 0.4) is 0 Å². The van der Waals surface area contributed by atoms with Crippen LogP contribution in [0.4, 0.5) is 0 Å². The number of hydrogen-bond acceptors (Lipinski definition) is 4. The van der Waals surface area contributed by atoms with Crippen molar-refractivity contribution in [1.29, 1.82) is 0 Å². The first-order chi connectivity index (χ1) is 8.09. The normalized spacial score (nSPS) is 19.7. The molecule has 8 heteroatoms. The van der Waals surface area contributed by atoms with Gasteiger partial charge in [-0.2, -0.15) is 0 Å². The zero-order valence-electron chi connectivity index (χ0n) is 9.69. The van der Waals surface area contributed by atoms with Crippen LogP contribution in [0.25, 0.3) is 0 Å². The topological polar surface area (TPSA) is 58.2 Å². The minimum Gasteiger partial charge on any atom is -0.314 e. The third-order valence-corrected chi connectivity index (χ3v) is 6.91. The van der Waals surface area contributed by atoms with Crippen molar-refractivity contribution < 1.29 is 8.42 Å². The van der Waals surface area contributed by atoms with Gasteiger partial charge in [0.05, 0.1) is 0 Å². The van der Waals surface area contributed by atoms with Gasteiger partial charge < -0.3 is 5.32 Å². The molecule has 1 aromatic rings. The monoisotopic (exact) mass is 374 g/mol. The van der Waals surface area contributed by atoms with Crippen molar-refractivity contribution in [2.75, 3.05) is 13.1 Å². The van der Waals surface area contributed by atoms with Gasteiger partial charge in [-0.05, 0) is 53.2 Å². The molecule has 1 aliphatic heterocycles. The molecule has 0 saturated carbocycles. The summed E-state index contributed by atoms with van der Waals surface area (Å²) < 4.78 is 27.5. The quantitative estimate of drug-likeness (QED) is 0.830. The zero-order chi connectivity index (χ0) is 12.3. The highest BCUT2D eigenvalue weighted by atomic mass is 79.9. The smallest absolute Gasteiger partial charge is 0.251 e. The average Bonchev–Trinajstić information content (AvgIpc) is 2.88. The number of thiophene rings is 1. The van der Waals surface area contributed by atoms with E-state index in [2.05, 4.69) is 26.0 Å². The second kappa shape index (κ2) is 7.21. The molecular formula is C10H16BrClN2O2S2. The molecule has 18 heavy (non-hydrogen) atoms. The lowest BCUT2D eigenvalue weighted by atomic mass is 10.2. The Kier molecular flexibility index (Phi) is 6.57. The molecule has 2 heterocycles. The fraction of sp³-hybridized carbons (Fsp3) is 0.600. The summed E-state index contributed by atoms with van der Waals surface area (Å²) in [6.45, 7) is 1.54. The summed E-state index contributed by atoms with van der Waals surface area (Å²) >= 11 is 4.47. The highest BCUT2D eigenvalue weighted by Crippen LogP contribution is 2.27. The van der Waals surface area contributed by atoms with Gasteiger partial charge in [0, 0.05) is 17.1 Å². The zero-order valence-corrected chi connectivity index (χ0v) is 13.7. The Bertz CT molecular complexity index is 472. The molecule has 0 radical (unpaired) electrons. The molecule has 0 bridgehead atoms. The number of rotatable bonds is 5. The fourth-order valence-corrected chi connectivity index (χ4v) is 5.34. The van der Waals surface area contributed by atoms with Gasteiger partial charge in [0.2, 0.25) is 0 Å². The van der Waals surface area contributed by atoms with E-state index < -0.39 is 10.0 Å². The number of hydrogen-bond donors (Lipinski definition) is 2. The summed E-state index contributed by atoms with van der Waals surface area (Å²) in [6.07, 6.45) is 3.18. The van der Waals surface area contributed by atoms with Crippen LogP contribution in [0.15, 0.2) is 20.1 Å². The highest BCUT2D eigenvalue weighted by Gasteiger charge is 2.20. The average molecular weight is 376 g/mol. The van der Waals surface area contributed by atoms with Crippen LogP contribution in [-0.2, 0) is 10.0 Å². The van der Waals surface area contributed by atoms with Crippen molar-refractivity contribution in [3.63, 3.8) is 0 Å². The van der Waals surface area contributed by atoms with Gasteiger partial charge in [-0.25, -0.2) is 13.1 Å². The van der Waals surface area contributed by atoms with Gasteiger partial charge >= 0.3 is 0 Å². The maximum absolute atomic E-state index is 11.9. The molecule has 0 aromatic carbocycles. The first-order valence-electron chi connectivity index (χ1n) is 5.55. The van der Waals surface area contributed by atoms with Crippen LogP contribution in [0.2, 0.25) is 0 Å². The predicted molar refractivity (Wildman–Crippen MR) is 80.1 cm³/mol. The van der Waals surface area contributed by atoms with E-state index in [1.54, 1.807) is 11.4 Å². The predicted octanol–water partition coefficient (Wildman–Crippen LogP) is 2.35. The number of sulfonamides is 1. The number of halogens is 2. The van der Waals surface area contributed by atoms with E-state index in [9.17, 15) is 8.42 Å². The Morgan fingerprint density at radius 2 is 2.33 bits per heavy atom. The summed E-state index contributed by atoms with van der Waals surface area (Å²) in [5.41, 5.74) is 0. The lowest BCUT2D eigenvalue weighted by Crippen LogP contribution is -2.30. The molecule has 0 aliphatic carbocycles. The molecule has 0 spiro atoms. The Balaban J connectivity index is 0.00000162. The van der Waals surface area contributed by atoms with Crippen molar-refractivity contribution in [1.82, 2.24) is 10.0 Å². The van der Waals surface area contributed by atoms with Gasteiger partial charge in [-0.15, -0.1) is 23.7 Å². The van der Waals surface area contributed by atoms with Crippen LogP contribution < -0.4 is 10.0 Å². The third-order valence-electron chi connectivity index (χ3n) is 2.78. The van der Waals surface area contributed by atoms with Gasteiger partial charge in [0.25, 0.3) is 10.0 Å². The van der Waals surface area contributed by atoms with Crippen LogP contribution in [0, 0.1) is 0 Å². The molecular weight excluding hydrogens is 360 g/mol. The molecule has 0 amide bonds. The van der Waals surface area contributed by atoms with E-state index in [0.29, 0.717) is 21.3 Å². The SMILES string of the molecule is Cl.O=S(=O)(NCC[C@H]1CCCN1)c1sccc1Br. The second-order valence-electron chi connectivity index (χ2n) is 4.04. The van der Waals surface area contributed by atoms with Crippen molar-refractivity contribution in [3.05, 3.63) is 15.9 Å². The molecule has 4 nitrogen and oxygen atoms in total. The molecule has 1 aromatic heterocycles. The van der Waals surface area contributed by atoms with Gasteiger partial charge in [0.1, 0.15) is 4.21 Å². The number of nitrogens with one attached hydrogen (secondary N) is 2. The van der Waals surface area contributed by atoms with E-state index >= 15 is 0 Å². The van der Waals surface area contributed by atoms with Gasteiger partial charge in [-0.1, -0.05) is 0 Å². The first kappa shape index (κ1) is 16.4. The van der Waals surface area contributed by atoms with Gasteiger partial charge in [0.15, 0.2) is 0 Å². The fourth-order valence-electron chi connectivity index (χ4n) is 1.91. The molecule has 1 atom stereocenters. The van der Waals surface area contributed by atoms with E-state index in [-0.39, 0.29) is 12.4 Å². The maximum Gasteiger partial charge on any atom is 0.251 e. The van der Waals surface area contributed by atoms with E-state index in [1.165, 1.54) is 17.8 Å². The Morgan fingerprint density at radius 3 is 2.89 bits per heavy atom. The molecule has 1 saturated heterocycles. The molecule has 1 fully saturated rings. The summed E-state index contributed by atoms with van der Waals surface area (Å²) in [4.78, 5) is 0. The van der Waals surface area contributed by atoms with Crippen LogP contribution >= 0.6 is 39.7 Å². The van der Waals surface area contributed by atoms with Crippen molar-refractivity contribution in [2.24, 2.45) is 0 Å². The van der Waals surface area contributed by atoms with Crippen molar-refractivity contribution in [3.8, 4) is 0 Å². The minimum atomic E-state index is -3.35. The Labute approximate surface area is 126 Å². The summed E-state index contributed by atoms with van der Waals surface area (Å²) in [7, 11) is -3.35. The maximum atomic E-state index is 11.9. The van der Waals surface area contributed by atoms with Crippen LogP contribution in [0.5, 0.6) is 0 Å². The first-order valence-corrected chi connectivity index (χ1v) is 8.71. The molecule has 2 N–H and O–H groups in total. The standard InChI is InChI=1S/C10H15BrN2O2S2.ClH/c11-9-4-7-16-10(9)17(14,15)13-6-3-8-2-1-5-12-8;/h4,7-8,12-13H,1-3,5-6H2;1H/t8-;/m1./s1. The Hall–Kier alpha value is 0.340. The van der Waals surface area contributed by atoms with Gasteiger partial charge in [-0.3, -0.25) is 0 Å². The molecule has 2 rings (SSSR count). The van der Waals surface area contributed by atoms with Crippen LogP contribution in [0.1, 0.15) is 19.3 Å². The Morgan fingerprint density at radius 1 is 1.56 bits per heavy atom. The summed E-state index contributed by atoms with van der Waals surface area (Å²) in [5, 5.41) is 5.11. The molecule has 104 valence electrons. The van der Waals surface area contributed by atoms with Crippen LogP contribution in [-0.4, -0.2) is 27.5 Å². The summed E-state index contributed by atoms with van der Waals surface area (Å²) in [6, 6.07) is 2.21. The van der Waals surface area contributed by atoms with E-state index in [0.717, 1.165) is 19.4 Å².